The number of aromatic nitrogens is 3. The summed E-state index contributed by atoms with van der Waals surface area (Å²) in [6.07, 6.45) is 1.79. The van der Waals surface area contributed by atoms with E-state index in [4.69, 9.17) is 9.82 Å². The third-order valence-corrected chi connectivity index (χ3v) is 5.71. The number of hydrogen-bond acceptors (Lipinski definition) is 9. The van der Waals surface area contributed by atoms with Gasteiger partial charge in [-0.15, -0.1) is 0 Å². The highest BCUT2D eigenvalue weighted by atomic mass is 32.1. The number of hydroxylamine groups is 1. The van der Waals surface area contributed by atoms with E-state index in [2.05, 4.69) is 25.7 Å². The van der Waals surface area contributed by atoms with Crippen LogP contribution in [0.3, 0.4) is 0 Å². The van der Waals surface area contributed by atoms with Gasteiger partial charge in [-0.2, -0.15) is 0 Å². The Bertz CT molecular complexity index is 1270. The summed E-state index contributed by atoms with van der Waals surface area (Å²) >= 11 is 1.46. The molecule has 1 aromatic carbocycles. The Kier molecular flexibility index (Phi) is 6.78. The predicted octanol–water partition coefficient (Wildman–Crippen LogP) is 3.95. The lowest BCUT2D eigenvalue weighted by atomic mass is 10.2. The summed E-state index contributed by atoms with van der Waals surface area (Å²) in [5.74, 6) is 1.18. The summed E-state index contributed by atoms with van der Waals surface area (Å²) in [6, 6.07) is 15.1. The molecular formula is C23H25N7O2S. The van der Waals surface area contributed by atoms with Crippen molar-refractivity contribution in [2.45, 2.75) is 6.54 Å². The van der Waals surface area contributed by atoms with E-state index in [1.165, 1.54) is 24.0 Å². The van der Waals surface area contributed by atoms with Gasteiger partial charge in [0.1, 0.15) is 22.0 Å². The van der Waals surface area contributed by atoms with Crippen LogP contribution in [0.5, 0.6) is 0 Å². The minimum absolute atomic E-state index is 0.308. The highest BCUT2D eigenvalue weighted by molar-refractivity contribution is 7.21. The Hall–Kier alpha value is -3.60. The van der Waals surface area contributed by atoms with E-state index >= 15 is 0 Å². The first kappa shape index (κ1) is 22.6. The first-order valence-corrected chi connectivity index (χ1v) is 11.1. The molecule has 2 N–H and O–H groups in total. The molecule has 4 aromatic rings. The van der Waals surface area contributed by atoms with Gasteiger partial charge < -0.3 is 15.1 Å². The number of carbonyl (C=O) groups is 1. The molecule has 0 saturated carbocycles. The van der Waals surface area contributed by atoms with Crippen LogP contribution in [0.1, 0.15) is 15.9 Å². The third-order valence-electron chi connectivity index (χ3n) is 4.83. The predicted molar refractivity (Wildman–Crippen MR) is 131 cm³/mol. The summed E-state index contributed by atoms with van der Waals surface area (Å²) in [7, 11) is 7.38. The van der Waals surface area contributed by atoms with Gasteiger partial charge in [0.15, 0.2) is 5.13 Å². The van der Waals surface area contributed by atoms with Gasteiger partial charge >= 0.3 is 0 Å². The number of rotatable bonds is 8. The zero-order chi connectivity index (χ0) is 23.4. The number of nitrogens with zero attached hydrogens (tertiary/aromatic N) is 5. The van der Waals surface area contributed by atoms with Crippen molar-refractivity contribution in [3.05, 3.63) is 65.9 Å². The SMILES string of the molecule is CONC(=O)c1cccc(N(C)c2ccc3nc(Nc4cc(CN(C)C)ccn4)sc3n2)c1. The minimum Gasteiger partial charge on any atom is -0.329 e. The molecule has 0 saturated heterocycles. The van der Waals surface area contributed by atoms with E-state index < -0.39 is 0 Å². The van der Waals surface area contributed by atoms with Crippen LogP contribution in [0.4, 0.5) is 22.5 Å². The van der Waals surface area contributed by atoms with Gasteiger partial charge in [-0.05, 0) is 62.1 Å². The molecule has 1 amide bonds. The number of carbonyl (C=O) groups excluding carboxylic acids is 1. The molecular weight excluding hydrogens is 438 g/mol. The molecule has 170 valence electrons. The van der Waals surface area contributed by atoms with Crippen LogP contribution in [0.25, 0.3) is 10.3 Å². The fraction of sp³-hybridized carbons (Fsp3) is 0.217. The summed E-state index contributed by atoms with van der Waals surface area (Å²) < 4.78 is 0. The number of thiazole rings is 1. The van der Waals surface area contributed by atoms with Crippen LogP contribution in [-0.4, -0.2) is 54.0 Å². The zero-order valence-electron chi connectivity index (χ0n) is 18.9. The number of pyridine rings is 2. The molecule has 0 unspecified atom stereocenters. The molecule has 0 spiro atoms. The first-order chi connectivity index (χ1) is 15.9. The number of nitrogens with one attached hydrogen (secondary N) is 2. The Morgan fingerprint density at radius 1 is 1.09 bits per heavy atom. The quantitative estimate of drug-likeness (QED) is 0.379. The van der Waals surface area contributed by atoms with Crippen LogP contribution in [0.2, 0.25) is 0 Å². The van der Waals surface area contributed by atoms with Gasteiger partial charge in [0, 0.05) is 31.0 Å². The van der Waals surface area contributed by atoms with Crippen LogP contribution in [-0.2, 0) is 11.4 Å². The van der Waals surface area contributed by atoms with Gasteiger partial charge in [0.2, 0.25) is 0 Å². The van der Waals surface area contributed by atoms with Crippen molar-refractivity contribution in [1.29, 1.82) is 0 Å². The molecule has 0 radical (unpaired) electrons. The molecule has 10 heteroatoms. The second kappa shape index (κ2) is 9.90. The summed E-state index contributed by atoms with van der Waals surface area (Å²) in [6.45, 7) is 0.836. The molecule has 0 aliphatic heterocycles. The molecule has 4 rings (SSSR count). The van der Waals surface area contributed by atoms with Crippen molar-refractivity contribution >= 4 is 50.0 Å². The normalized spacial score (nSPS) is 11.1. The van der Waals surface area contributed by atoms with Crippen LogP contribution in [0, 0.1) is 0 Å². The third kappa shape index (κ3) is 5.43. The molecule has 0 fully saturated rings. The van der Waals surface area contributed by atoms with E-state index in [1.807, 2.05) is 62.4 Å². The van der Waals surface area contributed by atoms with Gasteiger partial charge in [-0.1, -0.05) is 17.4 Å². The summed E-state index contributed by atoms with van der Waals surface area (Å²) in [5, 5.41) is 4.01. The van der Waals surface area contributed by atoms with Crippen molar-refractivity contribution in [1.82, 2.24) is 25.3 Å². The van der Waals surface area contributed by atoms with Crippen molar-refractivity contribution in [2.75, 3.05) is 38.5 Å². The fourth-order valence-electron chi connectivity index (χ4n) is 3.30. The van der Waals surface area contributed by atoms with Crippen LogP contribution in [0.15, 0.2) is 54.7 Å². The average Bonchev–Trinajstić information content (AvgIpc) is 3.20. The lowest BCUT2D eigenvalue weighted by Gasteiger charge is -2.18. The maximum absolute atomic E-state index is 12.1. The Labute approximate surface area is 196 Å². The molecule has 3 aromatic heterocycles. The van der Waals surface area contributed by atoms with E-state index in [-0.39, 0.29) is 5.91 Å². The molecule has 33 heavy (non-hydrogen) atoms. The Balaban J connectivity index is 1.55. The first-order valence-electron chi connectivity index (χ1n) is 10.2. The number of anilines is 4. The number of fused-ring (bicyclic) bond motifs is 1. The largest absolute Gasteiger partial charge is 0.329 e. The standard InChI is InChI=1S/C23H25N7O2S/c1-29(2)14-15-10-11-24-19(12-15)26-23-25-18-8-9-20(27-22(18)33-23)30(3)17-7-5-6-16(13-17)21(31)28-32-4/h5-13H,14H2,1-4H3,(H,28,31)(H,24,25,26). The second-order valence-electron chi connectivity index (χ2n) is 7.67. The number of amides is 1. The summed E-state index contributed by atoms with van der Waals surface area (Å²) in [4.78, 5) is 35.4. The van der Waals surface area contributed by atoms with Crippen molar-refractivity contribution in [2.24, 2.45) is 0 Å². The molecule has 9 nitrogen and oxygen atoms in total. The molecule has 0 aliphatic rings. The molecule has 0 bridgehead atoms. The molecule has 0 atom stereocenters. The second-order valence-corrected chi connectivity index (χ2v) is 8.65. The van der Waals surface area contributed by atoms with E-state index in [9.17, 15) is 4.79 Å². The number of benzene rings is 1. The van der Waals surface area contributed by atoms with Crippen molar-refractivity contribution < 1.29 is 9.63 Å². The maximum atomic E-state index is 12.1. The van der Waals surface area contributed by atoms with Gasteiger partial charge in [0.25, 0.3) is 5.91 Å². The van der Waals surface area contributed by atoms with E-state index in [0.29, 0.717) is 5.56 Å². The lowest BCUT2D eigenvalue weighted by molar-refractivity contribution is 0.0537. The van der Waals surface area contributed by atoms with E-state index in [0.717, 1.165) is 39.3 Å². The maximum Gasteiger partial charge on any atom is 0.274 e. The Morgan fingerprint density at radius 2 is 1.94 bits per heavy atom. The topological polar surface area (TPSA) is 95.5 Å². The minimum atomic E-state index is -0.308. The zero-order valence-corrected chi connectivity index (χ0v) is 19.7. The van der Waals surface area contributed by atoms with Crippen LogP contribution >= 0.6 is 11.3 Å². The van der Waals surface area contributed by atoms with Gasteiger partial charge in [-0.25, -0.2) is 20.4 Å². The molecule has 3 heterocycles. The Morgan fingerprint density at radius 3 is 2.73 bits per heavy atom. The monoisotopic (exact) mass is 463 g/mol. The number of hydrogen-bond donors (Lipinski definition) is 2. The highest BCUT2D eigenvalue weighted by Crippen LogP contribution is 2.30. The smallest absolute Gasteiger partial charge is 0.274 e. The van der Waals surface area contributed by atoms with E-state index in [1.54, 1.807) is 18.3 Å². The van der Waals surface area contributed by atoms with Crippen molar-refractivity contribution in [3.63, 3.8) is 0 Å². The fourth-order valence-corrected chi connectivity index (χ4v) is 4.14. The van der Waals surface area contributed by atoms with Crippen LogP contribution < -0.4 is 15.7 Å². The molecule has 0 aliphatic carbocycles. The van der Waals surface area contributed by atoms with Crippen molar-refractivity contribution in [3.8, 4) is 0 Å². The highest BCUT2D eigenvalue weighted by Gasteiger charge is 2.13. The van der Waals surface area contributed by atoms with Gasteiger partial charge in [-0.3, -0.25) is 9.63 Å². The van der Waals surface area contributed by atoms with Gasteiger partial charge in [0.05, 0.1) is 7.11 Å². The lowest BCUT2D eigenvalue weighted by Crippen LogP contribution is -2.22. The average molecular weight is 464 g/mol. The summed E-state index contributed by atoms with van der Waals surface area (Å²) in [5.41, 5.74) is 5.63.